The number of carbonyl (C=O) groups is 2. The van der Waals surface area contributed by atoms with E-state index in [2.05, 4.69) is 15.7 Å². The van der Waals surface area contributed by atoms with Crippen LogP contribution < -0.4 is 10.6 Å². The molecule has 1 heterocycles. The lowest BCUT2D eigenvalue weighted by Crippen LogP contribution is -2.29. The summed E-state index contributed by atoms with van der Waals surface area (Å²) in [5, 5.41) is 17.6. The van der Waals surface area contributed by atoms with Gasteiger partial charge in [-0.05, 0) is 12.1 Å². The predicted molar refractivity (Wildman–Crippen MR) is 72.4 cm³/mol. The average molecular weight is 292 g/mol. The lowest BCUT2D eigenvalue weighted by Gasteiger charge is -2.10. The third-order valence-electron chi connectivity index (χ3n) is 2.69. The first-order valence-electron chi connectivity index (χ1n) is 6.01. The number of rotatable bonds is 4. The largest absolute Gasteiger partial charge is 0.478 e. The molecule has 1 aromatic heterocycles. The highest BCUT2D eigenvalue weighted by molar-refractivity contribution is 6.00. The van der Waals surface area contributed by atoms with E-state index >= 15 is 0 Å². The molecule has 0 bridgehead atoms. The number of aromatic carboxylic acids is 1. The molecule has 0 aliphatic carbocycles. The number of amides is 2. The second kappa shape index (κ2) is 6.04. The zero-order chi connectivity index (χ0) is 15.4. The standard InChI is InChI=1S/C13H13FN4O3/c1-18-7-8(6-16-18)5-15-13(21)17-11-9(12(19)20)3-2-4-10(11)14/h2-4,6-7H,5H2,1H3,(H,19,20)(H2,15,17,21). The van der Waals surface area contributed by atoms with Gasteiger partial charge < -0.3 is 15.7 Å². The minimum Gasteiger partial charge on any atom is -0.478 e. The van der Waals surface area contributed by atoms with E-state index in [1.54, 1.807) is 24.1 Å². The molecule has 7 nitrogen and oxygen atoms in total. The van der Waals surface area contributed by atoms with Gasteiger partial charge in [0.2, 0.25) is 0 Å². The van der Waals surface area contributed by atoms with Crippen molar-refractivity contribution in [3.8, 4) is 0 Å². The van der Waals surface area contributed by atoms with Gasteiger partial charge in [0.05, 0.1) is 17.4 Å². The topological polar surface area (TPSA) is 96.2 Å². The maximum absolute atomic E-state index is 13.6. The first kappa shape index (κ1) is 14.5. The molecular weight excluding hydrogens is 279 g/mol. The predicted octanol–water partition coefficient (Wildman–Crippen LogP) is 1.58. The Morgan fingerprint density at radius 1 is 1.43 bits per heavy atom. The maximum Gasteiger partial charge on any atom is 0.337 e. The molecule has 21 heavy (non-hydrogen) atoms. The lowest BCUT2D eigenvalue weighted by molar-refractivity contribution is 0.0697. The summed E-state index contributed by atoms with van der Waals surface area (Å²) in [5.74, 6) is -2.14. The Morgan fingerprint density at radius 3 is 2.81 bits per heavy atom. The molecule has 8 heteroatoms. The number of anilines is 1. The summed E-state index contributed by atoms with van der Waals surface area (Å²) in [6.45, 7) is 0.191. The monoisotopic (exact) mass is 292 g/mol. The minimum absolute atomic E-state index is 0.191. The molecule has 0 aliphatic rings. The van der Waals surface area contributed by atoms with Crippen LogP contribution in [-0.2, 0) is 13.6 Å². The van der Waals surface area contributed by atoms with Crippen molar-refractivity contribution >= 4 is 17.7 Å². The number of urea groups is 1. The van der Waals surface area contributed by atoms with Crippen LogP contribution in [0.4, 0.5) is 14.9 Å². The number of para-hydroxylation sites is 1. The van der Waals surface area contributed by atoms with Crippen LogP contribution in [0.25, 0.3) is 0 Å². The highest BCUT2D eigenvalue weighted by Crippen LogP contribution is 2.19. The molecule has 2 rings (SSSR count). The fraction of sp³-hybridized carbons (Fsp3) is 0.154. The van der Waals surface area contributed by atoms with E-state index in [-0.39, 0.29) is 17.8 Å². The maximum atomic E-state index is 13.6. The number of nitrogens with one attached hydrogen (secondary N) is 2. The van der Waals surface area contributed by atoms with Crippen molar-refractivity contribution in [3.63, 3.8) is 0 Å². The molecule has 0 fully saturated rings. The Bertz CT molecular complexity index is 684. The van der Waals surface area contributed by atoms with Crippen molar-refractivity contribution in [2.45, 2.75) is 6.54 Å². The molecular formula is C13H13FN4O3. The molecule has 2 aromatic rings. The summed E-state index contributed by atoms with van der Waals surface area (Å²) >= 11 is 0. The van der Waals surface area contributed by atoms with Crippen LogP contribution in [0.15, 0.2) is 30.6 Å². The van der Waals surface area contributed by atoms with Crippen molar-refractivity contribution in [1.29, 1.82) is 0 Å². The van der Waals surface area contributed by atoms with Gasteiger partial charge in [-0.25, -0.2) is 14.0 Å². The van der Waals surface area contributed by atoms with Crippen LogP contribution in [0.5, 0.6) is 0 Å². The number of hydrogen-bond donors (Lipinski definition) is 3. The van der Waals surface area contributed by atoms with E-state index in [9.17, 15) is 14.0 Å². The number of nitrogens with zero attached hydrogens (tertiary/aromatic N) is 2. The van der Waals surface area contributed by atoms with Crippen molar-refractivity contribution in [2.75, 3.05) is 5.32 Å². The Balaban J connectivity index is 2.04. The third kappa shape index (κ3) is 3.56. The molecule has 1 aromatic carbocycles. The molecule has 0 unspecified atom stereocenters. The summed E-state index contributed by atoms with van der Waals surface area (Å²) in [5.41, 5.74) is 0.0832. The molecule has 0 saturated heterocycles. The molecule has 110 valence electrons. The number of carboxylic acids is 1. The third-order valence-corrected chi connectivity index (χ3v) is 2.69. The van der Waals surface area contributed by atoms with E-state index in [0.29, 0.717) is 0 Å². The normalized spacial score (nSPS) is 10.2. The first-order valence-corrected chi connectivity index (χ1v) is 6.01. The van der Waals surface area contributed by atoms with E-state index in [1.807, 2.05) is 0 Å². The molecule has 3 N–H and O–H groups in total. The molecule has 0 aliphatic heterocycles. The van der Waals surface area contributed by atoms with Crippen molar-refractivity contribution in [1.82, 2.24) is 15.1 Å². The van der Waals surface area contributed by atoms with Gasteiger partial charge in [-0.2, -0.15) is 5.10 Å². The SMILES string of the molecule is Cn1cc(CNC(=O)Nc2c(F)cccc2C(=O)O)cn1. The highest BCUT2D eigenvalue weighted by Gasteiger charge is 2.16. The molecule has 0 radical (unpaired) electrons. The fourth-order valence-electron chi connectivity index (χ4n) is 1.73. The van der Waals surface area contributed by atoms with Crippen LogP contribution in [0.1, 0.15) is 15.9 Å². The smallest absolute Gasteiger partial charge is 0.337 e. The van der Waals surface area contributed by atoms with Gasteiger partial charge in [-0.15, -0.1) is 0 Å². The molecule has 2 amide bonds. The Labute approximate surface area is 119 Å². The lowest BCUT2D eigenvalue weighted by atomic mass is 10.1. The summed E-state index contributed by atoms with van der Waals surface area (Å²) < 4.78 is 15.2. The number of carbonyl (C=O) groups excluding carboxylic acids is 1. The van der Waals surface area contributed by atoms with Crippen molar-refractivity contribution < 1.29 is 19.1 Å². The Hall–Kier alpha value is -2.90. The van der Waals surface area contributed by atoms with Gasteiger partial charge in [0.25, 0.3) is 0 Å². The number of halogens is 1. The van der Waals surface area contributed by atoms with Crippen LogP contribution in [0.2, 0.25) is 0 Å². The second-order valence-corrected chi connectivity index (χ2v) is 4.30. The van der Waals surface area contributed by atoms with Gasteiger partial charge in [0, 0.05) is 25.4 Å². The van der Waals surface area contributed by atoms with Crippen LogP contribution in [0.3, 0.4) is 0 Å². The van der Waals surface area contributed by atoms with Gasteiger partial charge >= 0.3 is 12.0 Å². The van der Waals surface area contributed by atoms with Gasteiger partial charge in [0.15, 0.2) is 0 Å². The van der Waals surface area contributed by atoms with Crippen LogP contribution in [-0.4, -0.2) is 26.9 Å². The highest BCUT2D eigenvalue weighted by atomic mass is 19.1. The number of aryl methyl sites for hydroxylation is 1. The molecule has 0 atom stereocenters. The number of benzene rings is 1. The van der Waals surface area contributed by atoms with Gasteiger partial charge in [0.1, 0.15) is 5.82 Å². The summed E-state index contributed by atoms with van der Waals surface area (Å²) in [4.78, 5) is 22.7. The van der Waals surface area contributed by atoms with Gasteiger partial charge in [-0.1, -0.05) is 6.07 Å². The zero-order valence-electron chi connectivity index (χ0n) is 11.1. The number of hydrogen-bond acceptors (Lipinski definition) is 3. The van der Waals surface area contributed by atoms with E-state index in [4.69, 9.17) is 5.11 Å². The van der Waals surface area contributed by atoms with E-state index < -0.39 is 17.8 Å². The van der Waals surface area contributed by atoms with E-state index in [1.165, 1.54) is 12.1 Å². The Kier molecular flexibility index (Phi) is 4.17. The molecule has 0 saturated carbocycles. The second-order valence-electron chi connectivity index (χ2n) is 4.30. The minimum atomic E-state index is -1.32. The molecule has 0 spiro atoms. The number of aromatic nitrogens is 2. The van der Waals surface area contributed by atoms with Crippen LogP contribution in [0, 0.1) is 5.82 Å². The first-order chi connectivity index (χ1) is 9.97. The van der Waals surface area contributed by atoms with Crippen molar-refractivity contribution in [2.24, 2.45) is 7.05 Å². The van der Waals surface area contributed by atoms with E-state index in [0.717, 1.165) is 11.6 Å². The quantitative estimate of drug-likeness (QED) is 0.797. The van der Waals surface area contributed by atoms with Crippen LogP contribution >= 0.6 is 0 Å². The Morgan fingerprint density at radius 2 is 2.19 bits per heavy atom. The summed E-state index contributed by atoms with van der Waals surface area (Å²) in [6, 6.07) is 2.84. The van der Waals surface area contributed by atoms with Gasteiger partial charge in [-0.3, -0.25) is 4.68 Å². The summed E-state index contributed by atoms with van der Waals surface area (Å²) in [6.07, 6.45) is 3.29. The number of carboxylic acid groups (broad SMARTS) is 1. The zero-order valence-corrected chi connectivity index (χ0v) is 11.1. The average Bonchev–Trinajstić information content (AvgIpc) is 2.84. The fourth-order valence-corrected chi connectivity index (χ4v) is 1.73. The van der Waals surface area contributed by atoms with Crippen molar-refractivity contribution in [3.05, 3.63) is 47.5 Å². The summed E-state index contributed by atoms with van der Waals surface area (Å²) in [7, 11) is 1.74.